The molecular formula is C11H10N4O3S. The quantitative estimate of drug-likeness (QED) is 0.767. The second kappa shape index (κ2) is 6.10. The second-order valence-corrected chi connectivity index (χ2v) is 4.55. The van der Waals surface area contributed by atoms with Crippen LogP contribution in [0.3, 0.4) is 0 Å². The molecule has 0 saturated carbocycles. The van der Waals surface area contributed by atoms with Crippen molar-refractivity contribution in [1.29, 1.82) is 0 Å². The van der Waals surface area contributed by atoms with Crippen LogP contribution in [-0.4, -0.2) is 33.6 Å². The number of thioether (sulfide) groups is 1. The van der Waals surface area contributed by atoms with Crippen LogP contribution in [0.4, 0.5) is 5.82 Å². The Morgan fingerprint density at radius 2 is 2.26 bits per heavy atom. The van der Waals surface area contributed by atoms with Gasteiger partial charge in [-0.05, 0) is 12.1 Å². The molecule has 1 aromatic rings. The Bertz CT molecular complexity index is 544. The van der Waals surface area contributed by atoms with Gasteiger partial charge in [-0.2, -0.15) is 4.99 Å². The van der Waals surface area contributed by atoms with Gasteiger partial charge in [0.2, 0.25) is 11.8 Å². The largest absolute Gasteiger partial charge is 0.310 e. The summed E-state index contributed by atoms with van der Waals surface area (Å²) >= 11 is 0.990. The monoisotopic (exact) mass is 278 g/mol. The highest BCUT2D eigenvalue weighted by Crippen LogP contribution is 2.08. The van der Waals surface area contributed by atoms with Crippen LogP contribution in [0, 0.1) is 0 Å². The number of amides is 3. The van der Waals surface area contributed by atoms with Crippen molar-refractivity contribution in [2.24, 2.45) is 4.99 Å². The van der Waals surface area contributed by atoms with Gasteiger partial charge >= 0.3 is 0 Å². The van der Waals surface area contributed by atoms with E-state index in [-0.39, 0.29) is 23.2 Å². The Labute approximate surface area is 112 Å². The summed E-state index contributed by atoms with van der Waals surface area (Å²) in [5, 5.41) is 5.15. The van der Waals surface area contributed by atoms with Crippen LogP contribution in [-0.2, 0) is 14.4 Å². The number of nitrogens with zero attached hydrogens (tertiary/aromatic N) is 2. The van der Waals surface area contributed by atoms with Crippen LogP contribution in [0.1, 0.15) is 6.42 Å². The fraction of sp³-hybridized carbons (Fsp3) is 0.182. The molecule has 2 N–H and O–H groups in total. The van der Waals surface area contributed by atoms with E-state index < -0.39 is 11.8 Å². The predicted octanol–water partition coefficient (Wildman–Crippen LogP) is 0.156. The second-order valence-electron chi connectivity index (χ2n) is 3.59. The SMILES string of the molecule is O=C1CC(=O)NC(SCC(=O)Nc2ccccn2)=N1. The lowest BCUT2D eigenvalue weighted by atomic mass is 10.4. The van der Waals surface area contributed by atoms with E-state index in [1.807, 2.05) is 0 Å². The molecule has 0 atom stereocenters. The first-order valence-corrected chi connectivity index (χ1v) is 6.37. The molecule has 0 aliphatic carbocycles. The van der Waals surface area contributed by atoms with Gasteiger partial charge in [-0.25, -0.2) is 4.98 Å². The molecule has 2 heterocycles. The minimum absolute atomic E-state index is 0.0307. The summed E-state index contributed by atoms with van der Waals surface area (Å²) in [6.45, 7) is 0. The summed E-state index contributed by atoms with van der Waals surface area (Å²) in [6, 6.07) is 5.15. The number of aliphatic imine (C=N–C) groups is 1. The molecule has 0 aromatic carbocycles. The Balaban J connectivity index is 1.84. The average Bonchev–Trinajstić information content (AvgIpc) is 2.36. The summed E-state index contributed by atoms with van der Waals surface area (Å²) in [5.74, 6) is -0.732. The molecule has 19 heavy (non-hydrogen) atoms. The third-order valence-electron chi connectivity index (χ3n) is 2.06. The summed E-state index contributed by atoms with van der Waals surface area (Å²) in [7, 11) is 0. The van der Waals surface area contributed by atoms with E-state index in [2.05, 4.69) is 20.6 Å². The van der Waals surface area contributed by atoms with Crippen LogP contribution in [0.2, 0.25) is 0 Å². The van der Waals surface area contributed by atoms with Crippen molar-refractivity contribution in [3.63, 3.8) is 0 Å². The van der Waals surface area contributed by atoms with Gasteiger partial charge in [-0.3, -0.25) is 14.4 Å². The number of amidine groups is 1. The molecule has 0 radical (unpaired) electrons. The molecule has 2 rings (SSSR count). The third-order valence-corrected chi connectivity index (χ3v) is 2.93. The number of hydrogen-bond donors (Lipinski definition) is 2. The van der Waals surface area contributed by atoms with Gasteiger partial charge in [0.15, 0.2) is 5.17 Å². The first-order chi connectivity index (χ1) is 9.13. The maximum absolute atomic E-state index is 11.6. The van der Waals surface area contributed by atoms with E-state index in [9.17, 15) is 14.4 Å². The van der Waals surface area contributed by atoms with Gasteiger partial charge in [0.1, 0.15) is 12.2 Å². The molecule has 7 nitrogen and oxygen atoms in total. The minimum atomic E-state index is -0.503. The predicted molar refractivity (Wildman–Crippen MR) is 70.5 cm³/mol. The molecular weight excluding hydrogens is 268 g/mol. The number of carbonyl (C=O) groups is 3. The smallest absolute Gasteiger partial charge is 0.257 e. The molecule has 0 bridgehead atoms. The van der Waals surface area contributed by atoms with Crippen LogP contribution >= 0.6 is 11.8 Å². The molecule has 8 heteroatoms. The zero-order valence-corrected chi connectivity index (χ0v) is 10.6. The summed E-state index contributed by atoms with van der Waals surface area (Å²) in [6.07, 6.45) is 1.32. The van der Waals surface area contributed by atoms with E-state index in [1.165, 1.54) is 0 Å². The lowest BCUT2D eigenvalue weighted by Crippen LogP contribution is -2.35. The standard InChI is InChI=1S/C11H10N4O3S/c16-8-5-9(17)15-11(14-8)19-6-10(18)13-7-3-1-2-4-12-7/h1-4H,5-6H2,(H,12,13,18)(H,14,15,16,17). The van der Waals surface area contributed by atoms with Gasteiger partial charge in [0.05, 0.1) is 5.75 Å². The van der Waals surface area contributed by atoms with Gasteiger partial charge in [0, 0.05) is 6.20 Å². The Morgan fingerprint density at radius 1 is 1.42 bits per heavy atom. The van der Waals surface area contributed by atoms with E-state index in [1.54, 1.807) is 24.4 Å². The summed E-state index contributed by atoms with van der Waals surface area (Å²) < 4.78 is 0. The maximum Gasteiger partial charge on any atom is 0.257 e. The summed E-state index contributed by atoms with van der Waals surface area (Å²) in [5.41, 5.74) is 0. The number of aromatic nitrogens is 1. The van der Waals surface area contributed by atoms with Crippen LogP contribution < -0.4 is 10.6 Å². The van der Waals surface area contributed by atoms with Crippen LogP contribution in [0.15, 0.2) is 29.4 Å². The fourth-order valence-corrected chi connectivity index (χ4v) is 1.99. The van der Waals surface area contributed by atoms with Crippen molar-refractivity contribution < 1.29 is 14.4 Å². The molecule has 0 saturated heterocycles. The van der Waals surface area contributed by atoms with Gasteiger partial charge in [-0.15, -0.1) is 0 Å². The number of nitrogens with one attached hydrogen (secondary N) is 2. The topological polar surface area (TPSA) is 101 Å². The van der Waals surface area contributed by atoms with E-state index in [0.29, 0.717) is 5.82 Å². The lowest BCUT2D eigenvalue weighted by molar-refractivity contribution is -0.127. The molecule has 98 valence electrons. The number of pyridine rings is 1. The Morgan fingerprint density at radius 3 is 2.95 bits per heavy atom. The van der Waals surface area contributed by atoms with Crippen molar-refractivity contribution in [3.8, 4) is 0 Å². The Kier molecular flexibility index (Phi) is 4.24. The van der Waals surface area contributed by atoms with Gasteiger partial charge < -0.3 is 10.6 Å². The fourth-order valence-electron chi connectivity index (χ4n) is 1.30. The molecule has 1 aromatic heterocycles. The van der Waals surface area contributed by atoms with Gasteiger partial charge in [-0.1, -0.05) is 17.8 Å². The Hall–Kier alpha value is -2.22. The van der Waals surface area contributed by atoms with Crippen molar-refractivity contribution in [2.75, 3.05) is 11.1 Å². The van der Waals surface area contributed by atoms with Crippen molar-refractivity contribution in [1.82, 2.24) is 10.3 Å². The highest BCUT2D eigenvalue weighted by atomic mass is 32.2. The molecule has 1 aliphatic rings. The highest BCUT2D eigenvalue weighted by molar-refractivity contribution is 8.14. The van der Waals surface area contributed by atoms with E-state index >= 15 is 0 Å². The van der Waals surface area contributed by atoms with Crippen molar-refractivity contribution in [3.05, 3.63) is 24.4 Å². The van der Waals surface area contributed by atoms with E-state index in [0.717, 1.165) is 11.8 Å². The molecule has 0 unspecified atom stereocenters. The molecule has 3 amide bonds. The normalized spacial score (nSPS) is 14.6. The van der Waals surface area contributed by atoms with Crippen LogP contribution in [0.25, 0.3) is 0 Å². The summed E-state index contributed by atoms with van der Waals surface area (Å²) in [4.78, 5) is 41.3. The highest BCUT2D eigenvalue weighted by Gasteiger charge is 2.19. The molecule has 1 aliphatic heterocycles. The zero-order chi connectivity index (χ0) is 13.7. The third kappa shape index (κ3) is 4.18. The molecule has 0 fully saturated rings. The first kappa shape index (κ1) is 13.2. The maximum atomic E-state index is 11.6. The van der Waals surface area contributed by atoms with Crippen molar-refractivity contribution >= 4 is 40.5 Å². The number of anilines is 1. The number of hydrogen-bond acceptors (Lipinski definition) is 5. The lowest BCUT2D eigenvalue weighted by Gasteiger charge is -2.11. The first-order valence-electron chi connectivity index (χ1n) is 5.38. The van der Waals surface area contributed by atoms with Crippen molar-refractivity contribution in [2.45, 2.75) is 6.42 Å². The molecule has 0 spiro atoms. The number of rotatable bonds is 3. The van der Waals surface area contributed by atoms with Gasteiger partial charge in [0.25, 0.3) is 5.91 Å². The zero-order valence-electron chi connectivity index (χ0n) is 9.75. The van der Waals surface area contributed by atoms with Crippen LogP contribution in [0.5, 0.6) is 0 Å². The average molecular weight is 278 g/mol. The number of carbonyl (C=O) groups excluding carboxylic acids is 3. The van der Waals surface area contributed by atoms with E-state index in [4.69, 9.17) is 0 Å². The minimum Gasteiger partial charge on any atom is -0.310 e.